The second-order valence-electron chi connectivity index (χ2n) is 5.66. The third-order valence-electron chi connectivity index (χ3n) is 3.09. The molecule has 2 atom stereocenters. The molecule has 1 aromatic heterocycles. The average molecular weight is 299 g/mol. The maximum atomic E-state index is 11.9. The molecule has 0 radical (unpaired) electrons. The van der Waals surface area contributed by atoms with Crippen molar-refractivity contribution >= 4 is 17.2 Å². The molecule has 5 heteroatoms. The first-order chi connectivity index (χ1) is 9.33. The van der Waals surface area contributed by atoms with Crippen LogP contribution in [0.15, 0.2) is 17.5 Å². The molecule has 114 valence electrons. The van der Waals surface area contributed by atoms with Crippen molar-refractivity contribution in [3.8, 4) is 0 Å². The lowest BCUT2D eigenvalue weighted by Gasteiger charge is -2.23. The van der Waals surface area contributed by atoms with Crippen LogP contribution in [0.25, 0.3) is 0 Å². The van der Waals surface area contributed by atoms with Gasteiger partial charge in [0.05, 0.1) is 6.54 Å². The largest absolute Gasteiger partial charge is 0.383 e. The third kappa shape index (κ3) is 5.61. The van der Waals surface area contributed by atoms with Gasteiger partial charge in [0.25, 0.3) is 0 Å². The number of rotatable bonds is 8. The predicted molar refractivity (Wildman–Crippen MR) is 81.8 cm³/mol. The minimum absolute atomic E-state index is 0.185. The van der Waals surface area contributed by atoms with Gasteiger partial charge in [0.15, 0.2) is 0 Å². The number of ether oxygens (including phenoxy) is 1. The molecule has 20 heavy (non-hydrogen) atoms. The molecule has 2 N–H and O–H groups in total. The average Bonchev–Trinajstić information content (AvgIpc) is 2.90. The summed E-state index contributed by atoms with van der Waals surface area (Å²) in [5.41, 5.74) is -1.04. The molecule has 0 bridgehead atoms. The van der Waals surface area contributed by atoms with Crippen LogP contribution < -0.4 is 5.32 Å². The van der Waals surface area contributed by atoms with Crippen LogP contribution in [0.5, 0.6) is 0 Å². The summed E-state index contributed by atoms with van der Waals surface area (Å²) in [7, 11) is 0. The van der Waals surface area contributed by atoms with Gasteiger partial charge >= 0.3 is 0 Å². The quantitative estimate of drug-likeness (QED) is 0.775. The second kappa shape index (κ2) is 7.76. The zero-order chi connectivity index (χ0) is 15.2. The zero-order valence-electron chi connectivity index (χ0n) is 12.7. The fraction of sp³-hybridized carbons (Fsp3) is 0.667. The molecule has 0 aliphatic heterocycles. The van der Waals surface area contributed by atoms with Crippen molar-refractivity contribution in [3.63, 3.8) is 0 Å². The van der Waals surface area contributed by atoms with Gasteiger partial charge in [-0.15, -0.1) is 11.3 Å². The van der Waals surface area contributed by atoms with E-state index in [1.165, 1.54) is 11.3 Å². The first-order valence-electron chi connectivity index (χ1n) is 6.98. The minimum atomic E-state index is -1.04. The molecule has 0 fully saturated rings. The summed E-state index contributed by atoms with van der Waals surface area (Å²) in [6.45, 7) is 8.43. The summed E-state index contributed by atoms with van der Waals surface area (Å²) in [6.07, 6.45) is 0.442. The van der Waals surface area contributed by atoms with Crippen LogP contribution >= 0.6 is 11.3 Å². The molecule has 4 nitrogen and oxygen atoms in total. The number of aliphatic hydroxyl groups is 1. The summed E-state index contributed by atoms with van der Waals surface area (Å²) in [5.74, 6) is 0.371. The minimum Gasteiger partial charge on any atom is -0.383 e. The van der Waals surface area contributed by atoms with E-state index in [0.717, 1.165) is 11.3 Å². The molecule has 1 amide bonds. The van der Waals surface area contributed by atoms with Gasteiger partial charge < -0.3 is 15.2 Å². The Hall–Kier alpha value is -0.910. The second-order valence-corrected chi connectivity index (χ2v) is 6.61. The third-order valence-corrected chi connectivity index (χ3v) is 4.21. The van der Waals surface area contributed by atoms with E-state index in [2.05, 4.69) is 19.2 Å². The molecule has 0 aliphatic rings. The van der Waals surface area contributed by atoms with Crippen LogP contribution in [0.2, 0.25) is 0 Å². The van der Waals surface area contributed by atoms with Gasteiger partial charge in [-0.25, -0.2) is 0 Å². The van der Waals surface area contributed by atoms with Crippen molar-refractivity contribution in [2.75, 3.05) is 13.2 Å². The zero-order valence-corrected chi connectivity index (χ0v) is 13.5. The molecular weight excluding hydrogens is 274 g/mol. The Kier molecular flexibility index (Phi) is 6.65. The van der Waals surface area contributed by atoms with Crippen LogP contribution in [0.1, 0.15) is 39.0 Å². The molecule has 0 spiro atoms. The number of carbonyl (C=O) groups excluding carboxylic acids is 1. The lowest BCUT2D eigenvalue weighted by molar-refractivity contribution is -0.133. The van der Waals surface area contributed by atoms with Crippen LogP contribution in [0.3, 0.4) is 0 Å². The number of nitrogens with one attached hydrogen (secondary N) is 1. The molecule has 0 aliphatic carbocycles. The van der Waals surface area contributed by atoms with Gasteiger partial charge in [-0.2, -0.15) is 0 Å². The summed E-state index contributed by atoms with van der Waals surface area (Å²) >= 11 is 1.47. The van der Waals surface area contributed by atoms with Crippen molar-refractivity contribution in [3.05, 3.63) is 22.4 Å². The first-order valence-corrected chi connectivity index (χ1v) is 7.86. The SMILES string of the molecule is CC(C)CCOC(C)C(=O)NCC(C)(O)c1cccs1. The van der Waals surface area contributed by atoms with Gasteiger partial charge in [0.2, 0.25) is 5.91 Å². The van der Waals surface area contributed by atoms with E-state index in [9.17, 15) is 9.90 Å². The van der Waals surface area contributed by atoms with Gasteiger partial charge in [-0.05, 0) is 37.6 Å². The molecule has 1 aromatic rings. The summed E-state index contributed by atoms with van der Waals surface area (Å²) < 4.78 is 5.48. The predicted octanol–water partition coefficient (Wildman–Crippen LogP) is 2.52. The fourth-order valence-corrected chi connectivity index (χ4v) is 2.42. The maximum Gasteiger partial charge on any atom is 0.248 e. The van der Waals surface area contributed by atoms with E-state index in [4.69, 9.17) is 4.74 Å². The summed E-state index contributed by atoms with van der Waals surface area (Å²) in [5, 5.41) is 15.0. The summed E-state index contributed by atoms with van der Waals surface area (Å²) in [4.78, 5) is 12.7. The number of hydrogen-bond acceptors (Lipinski definition) is 4. The Labute approximate surface area is 125 Å². The Morgan fingerprint density at radius 1 is 1.50 bits per heavy atom. The van der Waals surface area contributed by atoms with E-state index in [0.29, 0.717) is 12.5 Å². The van der Waals surface area contributed by atoms with Crippen LogP contribution in [-0.2, 0) is 15.1 Å². The van der Waals surface area contributed by atoms with Crippen molar-refractivity contribution in [1.82, 2.24) is 5.32 Å². The lowest BCUT2D eigenvalue weighted by atomic mass is 10.1. The molecule has 0 aromatic carbocycles. The van der Waals surface area contributed by atoms with Gasteiger partial charge in [-0.1, -0.05) is 19.9 Å². The standard InChI is InChI=1S/C15H25NO3S/c1-11(2)7-8-19-12(3)14(17)16-10-15(4,18)13-6-5-9-20-13/h5-6,9,11-12,18H,7-8,10H2,1-4H3,(H,16,17). The van der Waals surface area contributed by atoms with Crippen molar-refractivity contribution in [1.29, 1.82) is 0 Å². The molecular formula is C15H25NO3S. The Bertz CT molecular complexity index is 401. The topological polar surface area (TPSA) is 58.6 Å². The van der Waals surface area contributed by atoms with E-state index < -0.39 is 11.7 Å². The van der Waals surface area contributed by atoms with Crippen molar-refractivity contribution in [2.45, 2.75) is 45.8 Å². The monoisotopic (exact) mass is 299 g/mol. The highest BCUT2D eigenvalue weighted by Gasteiger charge is 2.26. The molecule has 0 saturated heterocycles. The molecule has 1 heterocycles. The number of hydrogen-bond donors (Lipinski definition) is 2. The fourth-order valence-electron chi connectivity index (χ4n) is 1.63. The smallest absolute Gasteiger partial charge is 0.248 e. The highest BCUT2D eigenvalue weighted by Crippen LogP contribution is 2.24. The Balaban J connectivity index is 2.35. The highest BCUT2D eigenvalue weighted by molar-refractivity contribution is 7.10. The number of amides is 1. The van der Waals surface area contributed by atoms with E-state index in [1.54, 1.807) is 13.8 Å². The Morgan fingerprint density at radius 3 is 2.75 bits per heavy atom. The lowest BCUT2D eigenvalue weighted by Crippen LogP contribution is -2.42. The number of thiophene rings is 1. The van der Waals surface area contributed by atoms with Crippen molar-refractivity contribution in [2.24, 2.45) is 5.92 Å². The van der Waals surface area contributed by atoms with Crippen molar-refractivity contribution < 1.29 is 14.6 Å². The highest BCUT2D eigenvalue weighted by atomic mass is 32.1. The van der Waals surface area contributed by atoms with Gasteiger partial charge in [0.1, 0.15) is 11.7 Å². The number of carbonyl (C=O) groups is 1. The summed E-state index contributed by atoms with van der Waals surface area (Å²) in [6, 6.07) is 3.74. The Morgan fingerprint density at radius 2 is 2.20 bits per heavy atom. The van der Waals surface area contributed by atoms with Gasteiger partial charge in [-0.3, -0.25) is 4.79 Å². The van der Waals surface area contributed by atoms with Crippen LogP contribution in [0.4, 0.5) is 0 Å². The molecule has 0 saturated carbocycles. The normalized spacial score (nSPS) is 15.9. The molecule has 1 rings (SSSR count). The van der Waals surface area contributed by atoms with E-state index >= 15 is 0 Å². The van der Waals surface area contributed by atoms with E-state index in [-0.39, 0.29) is 12.5 Å². The maximum absolute atomic E-state index is 11.9. The van der Waals surface area contributed by atoms with Gasteiger partial charge in [0, 0.05) is 11.5 Å². The van der Waals surface area contributed by atoms with E-state index in [1.807, 2.05) is 17.5 Å². The van der Waals surface area contributed by atoms with Crippen LogP contribution in [-0.4, -0.2) is 30.3 Å². The van der Waals surface area contributed by atoms with Crippen LogP contribution in [0, 0.1) is 5.92 Å². The molecule has 2 unspecified atom stereocenters. The first kappa shape index (κ1) is 17.1.